The molecular formula is C13H20N2O4. The number of carboxylic acid groups (broad SMARTS) is 1. The van der Waals surface area contributed by atoms with E-state index in [-0.39, 0.29) is 17.7 Å². The molecule has 19 heavy (non-hydrogen) atoms. The molecule has 0 radical (unpaired) electrons. The number of amides is 2. The molecule has 6 heteroatoms. The third kappa shape index (κ3) is 3.45. The summed E-state index contributed by atoms with van der Waals surface area (Å²) in [7, 11) is 0. The van der Waals surface area contributed by atoms with Crippen molar-refractivity contribution in [1.82, 2.24) is 10.6 Å². The van der Waals surface area contributed by atoms with Crippen LogP contribution in [0.3, 0.4) is 0 Å². The minimum atomic E-state index is -0.982. The van der Waals surface area contributed by atoms with E-state index in [1.54, 1.807) is 0 Å². The predicted octanol–water partition coefficient (Wildman–Crippen LogP) is 0.415. The number of carbonyl (C=O) groups excluding carboxylic acids is 2. The van der Waals surface area contributed by atoms with E-state index in [0.29, 0.717) is 12.8 Å². The molecular weight excluding hydrogens is 248 g/mol. The molecule has 3 N–H and O–H groups in total. The van der Waals surface area contributed by atoms with Gasteiger partial charge in [0.2, 0.25) is 11.8 Å². The van der Waals surface area contributed by atoms with Crippen LogP contribution in [-0.4, -0.2) is 35.0 Å². The third-order valence-electron chi connectivity index (χ3n) is 4.00. The summed E-state index contributed by atoms with van der Waals surface area (Å²) >= 11 is 0. The zero-order valence-corrected chi connectivity index (χ0v) is 10.9. The van der Waals surface area contributed by atoms with Gasteiger partial charge in [0.05, 0.1) is 0 Å². The van der Waals surface area contributed by atoms with Crippen molar-refractivity contribution in [2.24, 2.45) is 5.92 Å². The lowest BCUT2D eigenvalue weighted by atomic mass is 9.84. The summed E-state index contributed by atoms with van der Waals surface area (Å²) in [6.07, 6.45) is 5.63. The van der Waals surface area contributed by atoms with Crippen LogP contribution in [-0.2, 0) is 14.4 Å². The van der Waals surface area contributed by atoms with Gasteiger partial charge in [-0.2, -0.15) is 0 Å². The Kier molecular flexibility index (Phi) is 4.39. The van der Waals surface area contributed by atoms with E-state index in [0.717, 1.165) is 32.1 Å². The molecule has 0 unspecified atom stereocenters. The summed E-state index contributed by atoms with van der Waals surface area (Å²) in [6.45, 7) is 0. The van der Waals surface area contributed by atoms with Crippen LogP contribution in [0.4, 0.5) is 0 Å². The van der Waals surface area contributed by atoms with E-state index in [4.69, 9.17) is 0 Å². The maximum absolute atomic E-state index is 12.0. The zero-order valence-electron chi connectivity index (χ0n) is 10.9. The maximum atomic E-state index is 12.0. The van der Waals surface area contributed by atoms with E-state index in [9.17, 15) is 19.5 Å². The number of nitrogens with one attached hydrogen (secondary N) is 2. The minimum absolute atomic E-state index is 0.00676. The second-order valence-corrected chi connectivity index (χ2v) is 5.38. The van der Waals surface area contributed by atoms with Crippen molar-refractivity contribution in [1.29, 1.82) is 0 Å². The van der Waals surface area contributed by atoms with E-state index < -0.39 is 18.1 Å². The van der Waals surface area contributed by atoms with Gasteiger partial charge in [-0.05, 0) is 25.2 Å². The molecule has 2 rings (SSSR count). The van der Waals surface area contributed by atoms with E-state index in [2.05, 4.69) is 10.6 Å². The first-order valence-electron chi connectivity index (χ1n) is 6.90. The molecule has 2 atom stereocenters. The normalized spacial score (nSPS) is 25.7. The van der Waals surface area contributed by atoms with Gasteiger partial charge in [-0.1, -0.05) is 19.3 Å². The summed E-state index contributed by atoms with van der Waals surface area (Å²) in [5.74, 6) is -1.50. The minimum Gasteiger partial charge on any atom is -0.480 e. The Bertz CT molecular complexity index is 377. The standard InChI is InChI=1S/C13H20N2O4/c16-10-7-6-9(14-10)12(17)15-11(13(18)19)8-4-2-1-3-5-8/h8-9,11H,1-7H2,(H,14,16)(H,15,17)(H,18,19)/t9-,11-/m0/s1. The van der Waals surface area contributed by atoms with Gasteiger partial charge in [0.25, 0.3) is 0 Å². The van der Waals surface area contributed by atoms with Gasteiger partial charge >= 0.3 is 5.97 Å². The summed E-state index contributed by atoms with van der Waals surface area (Å²) in [6, 6.07) is -1.40. The highest BCUT2D eigenvalue weighted by atomic mass is 16.4. The third-order valence-corrected chi connectivity index (χ3v) is 4.00. The predicted molar refractivity (Wildman–Crippen MR) is 67.3 cm³/mol. The van der Waals surface area contributed by atoms with Gasteiger partial charge in [0, 0.05) is 6.42 Å². The number of carboxylic acids is 1. The highest BCUT2D eigenvalue weighted by molar-refractivity contribution is 5.92. The highest BCUT2D eigenvalue weighted by Crippen LogP contribution is 2.26. The van der Waals surface area contributed by atoms with E-state index in [1.165, 1.54) is 0 Å². The highest BCUT2D eigenvalue weighted by Gasteiger charge is 2.34. The molecule has 2 fully saturated rings. The van der Waals surface area contributed by atoms with Crippen LogP contribution >= 0.6 is 0 Å². The fraction of sp³-hybridized carbons (Fsp3) is 0.769. The summed E-state index contributed by atoms with van der Waals surface area (Å²) in [5.41, 5.74) is 0. The lowest BCUT2D eigenvalue weighted by molar-refractivity contribution is -0.144. The van der Waals surface area contributed by atoms with Crippen LogP contribution in [0.25, 0.3) is 0 Å². The van der Waals surface area contributed by atoms with Crippen LogP contribution in [0.5, 0.6) is 0 Å². The largest absolute Gasteiger partial charge is 0.480 e. The number of aliphatic carboxylic acids is 1. The molecule has 2 aliphatic rings. The van der Waals surface area contributed by atoms with Gasteiger partial charge < -0.3 is 15.7 Å². The van der Waals surface area contributed by atoms with Crippen LogP contribution in [0.15, 0.2) is 0 Å². The first-order valence-corrected chi connectivity index (χ1v) is 6.90. The Morgan fingerprint density at radius 1 is 1.21 bits per heavy atom. The molecule has 0 aromatic rings. The Morgan fingerprint density at radius 2 is 1.89 bits per heavy atom. The molecule has 0 bridgehead atoms. The average molecular weight is 268 g/mol. The van der Waals surface area contributed by atoms with Crippen molar-refractivity contribution >= 4 is 17.8 Å². The SMILES string of the molecule is O=C1CC[C@@H](C(=O)N[C@H](C(=O)O)C2CCCCC2)N1. The van der Waals surface area contributed by atoms with Crippen LogP contribution in [0, 0.1) is 5.92 Å². The van der Waals surface area contributed by atoms with Crippen molar-refractivity contribution in [2.75, 3.05) is 0 Å². The monoisotopic (exact) mass is 268 g/mol. The first-order chi connectivity index (χ1) is 9.08. The fourth-order valence-electron chi connectivity index (χ4n) is 2.91. The Morgan fingerprint density at radius 3 is 2.42 bits per heavy atom. The second kappa shape index (κ2) is 6.04. The van der Waals surface area contributed by atoms with Crippen molar-refractivity contribution < 1.29 is 19.5 Å². The number of rotatable bonds is 4. The molecule has 106 valence electrons. The van der Waals surface area contributed by atoms with Crippen molar-refractivity contribution in [2.45, 2.75) is 57.0 Å². The van der Waals surface area contributed by atoms with Gasteiger partial charge in [-0.3, -0.25) is 9.59 Å². The van der Waals surface area contributed by atoms with Crippen LogP contribution in [0.2, 0.25) is 0 Å². The Hall–Kier alpha value is -1.59. The topological polar surface area (TPSA) is 95.5 Å². The summed E-state index contributed by atoms with van der Waals surface area (Å²) in [4.78, 5) is 34.3. The van der Waals surface area contributed by atoms with Crippen LogP contribution < -0.4 is 10.6 Å². The second-order valence-electron chi connectivity index (χ2n) is 5.38. The molecule has 0 spiro atoms. The molecule has 1 aliphatic heterocycles. The lowest BCUT2D eigenvalue weighted by Gasteiger charge is -2.28. The van der Waals surface area contributed by atoms with Crippen molar-refractivity contribution in [3.63, 3.8) is 0 Å². The van der Waals surface area contributed by atoms with Gasteiger partial charge in [0.15, 0.2) is 0 Å². The first kappa shape index (κ1) is 13.8. The molecule has 2 amide bonds. The fourth-order valence-corrected chi connectivity index (χ4v) is 2.91. The zero-order chi connectivity index (χ0) is 13.8. The molecule has 1 saturated heterocycles. The maximum Gasteiger partial charge on any atom is 0.326 e. The van der Waals surface area contributed by atoms with Gasteiger partial charge in [0.1, 0.15) is 12.1 Å². The molecule has 1 heterocycles. The summed E-state index contributed by atoms with van der Waals surface area (Å²) in [5, 5.41) is 14.4. The molecule has 6 nitrogen and oxygen atoms in total. The Labute approximate surface area is 111 Å². The van der Waals surface area contributed by atoms with Gasteiger partial charge in [-0.15, -0.1) is 0 Å². The Balaban J connectivity index is 1.94. The number of carbonyl (C=O) groups is 3. The molecule has 0 aromatic carbocycles. The number of hydrogen-bond donors (Lipinski definition) is 3. The van der Waals surface area contributed by atoms with Crippen LogP contribution in [0.1, 0.15) is 44.9 Å². The average Bonchev–Trinajstić information content (AvgIpc) is 2.83. The quantitative estimate of drug-likeness (QED) is 0.688. The smallest absolute Gasteiger partial charge is 0.326 e. The molecule has 0 aromatic heterocycles. The van der Waals surface area contributed by atoms with E-state index in [1.807, 2.05) is 0 Å². The van der Waals surface area contributed by atoms with E-state index >= 15 is 0 Å². The van der Waals surface area contributed by atoms with Crippen molar-refractivity contribution in [3.05, 3.63) is 0 Å². The van der Waals surface area contributed by atoms with Crippen molar-refractivity contribution in [3.8, 4) is 0 Å². The number of hydrogen-bond acceptors (Lipinski definition) is 3. The lowest BCUT2D eigenvalue weighted by Crippen LogP contribution is -2.52. The molecule has 1 saturated carbocycles. The van der Waals surface area contributed by atoms with Gasteiger partial charge in [-0.25, -0.2) is 4.79 Å². The molecule has 1 aliphatic carbocycles. The summed E-state index contributed by atoms with van der Waals surface area (Å²) < 4.78 is 0.